The van der Waals surface area contributed by atoms with Gasteiger partial charge in [0.05, 0.1) is 13.2 Å². The van der Waals surface area contributed by atoms with Crippen LogP contribution in [0.4, 0.5) is 0 Å². The Kier molecular flexibility index (Phi) is 7.02. The van der Waals surface area contributed by atoms with Gasteiger partial charge >= 0.3 is 0 Å². The first-order valence-electron chi connectivity index (χ1n) is 11.1. The Morgan fingerprint density at radius 3 is 2.06 bits per heavy atom. The molecule has 6 nitrogen and oxygen atoms in total. The Morgan fingerprint density at radius 2 is 1.55 bits per heavy atom. The molecule has 1 aromatic heterocycles. The van der Waals surface area contributed by atoms with Crippen molar-refractivity contribution in [2.45, 2.75) is 65.2 Å². The van der Waals surface area contributed by atoms with Crippen molar-refractivity contribution in [2.75, 3.05) is 13.2 Å². The fraction of sp³-hybridized carbons (Fsp3) is 0.520. The maximum Gasteiger partial charge on any atom is 0.146 e. The van der Waals surface area contributed by atoms with E-state index >= 15 is 0 Å². The number of aromatic nitrogens is 3. The van der Waals surface area contributed by atoms with Crippen LogP contribution in [0.25, 0.3) is 16.7 Å². The molecule has 0 aliphatic carbocycles. The summed E-state index contributed by atoms with van der Waals surface area (Å²) in [6.45, 7) is 8.28. The van der Waals surface area contributed by atoms with E-state index in [2.05, 4.69) is 37.0 Å². The van der Waals surface area contributed by atoms with E-state index in [1.807, 2.05) is 37.3 Å². The molecule has 3 aromatic rings. The Bertz CT molecular complexity index is 975. The minimum Gasteiger partial charge on any atom is -0.505 e. The van der Waals surface area contributed by atoms with Crippen LogP contribution in [-0.4, -0.2) is 43.5 Å². The van der Waals surface area contributed by atoms with Gasteiger partial charge in [0.25, 0.3) is 0 Å². The molecule has 0 fully saturated rings. The first-order valence-corrected chi connectivity index (χ1v) is 11.1. The fourth-order valence-electron chi connectivity index (χ4n) is 3.95. The van der Waals surface area contributed by atoms with E-state index in [4.69, 9.17) is 0 Å². The van der Waals surface area contributed by atoms with Crippen LogP contribution in [0.1, 0.15) is 64.5 Å². The van der Waals surface area contributed by atoms with E-state index in [0.717, 1.165) is 54.3 Å². The van der Waals surface area contributed by atoms with Crippen LogP contribution in [-0.2, 0) is 11.8 Å². The maximum absolute atomic E-state index is 11.0. The van der Waals surface area contributed by atoms with Gasteiger partial charge in [-0.05, 0) is 54.9 Å². The zero-order valence-corrected chi connectivity index (χ0v) is 19.1. The lowest BCUT2D eigenvalue weighted by Gasteiger charge is -2.28. The highest BCUT2D eigenvalue weighted by Crippen LogP contribution is 2.37. The number of hydrogen-bond donors (Lipinski definition) is 3. The molecule has 1 heterocycles. The standard InChI is InChI=1S/C25H35N3O3/c1-5-25(16-29,17-30)13-9-8-10-18-14-19(24(2,3)4)23(31)22(15-18)28-26-20-11-6-7-12-21(20)27-28/h6-7,11-12,14-15,29-31H,5,8-10,13,16-17H2,1-4H3. The summed E-state index contributed by atoms with van der Waals surface area (Å²) in [5.74, 6) is 0.210. The molecule has 3 rings (SSSR count). The second kappa shape index (κ2) is 9.37. The first kappa shape index (κ1) is 23.2. The molecule has 2 aromatic carbocycles. The van der Waals surface area contributed by atoms with E-state index in [9.17, 15) is 15.3 Å². The summed E-state index contributed by atoms with van der Waals surface area (Å²) in [7, 11) is 0. The van der Waals surface area contributed by atoms with Crippen molar-refractivity contribution in [1.82, 2.24) is 15.0 Å². The van der Waals surface area contributed by atoms with Gasteiger partial charge in [0.2, 0.25) is 0 Å². The third kappa shape index (κ3) is 5.08. The van der Waals surface area contributed by atoms with E-state index in [1.165, 1.54) is 4.80 Å². The van der Waals surface area contributed by atoms with Crippen molar-refractivity contribution in [1.29, 1.82) is 0 Å². The van der Waals surface area contributed by atoms with Gasteiger partial charge in [0, 0.05) is 11.0 Å². The number of rotatable bonds is 9. The number of phenols is 1. The molecule has 0 aliphatic heterocycles. The number of aryl methyl sites for hydroxylation is 1. The Balaban J connectivity index is 1.88. The van der Waals surface area contributed by atoms with Crippen molar-refractivity contribution in [3.63, 3.8) is 0 Å². The van der Waals surface area contributed by atoms with Crippen LogP contribution in [0.5, 0.6) is 5.75 Å². The Labute approximate surface area is 184 Å². The highest BCUT2D eigenvalue weighted by atomic mass is 16.3. The normalized spacial score (nSPS) is 12.6. The first-order chi connectivity index (χ1) is 14.7. The molecule has 31 heavy (non-hydrogen) atoms. The zero-order valence-electron chi connectivity index (χ0n) is 19.1. The summed E-state index contributed by atoms with van der Waals surface area (Å²) in [6, 6.07) is 11.7. The number of fused-ring (bicyclic) bond motifs is 1. The number of hydrogen-bond acceptors (Lipinski definition) is 5. The van der Waals surface area contributed by atoms with Crippen molar-refractivity contribution in [2.24, 2.45) is 5.41 Å². The maximum atomic E-state index is 11.0. The van der Waals surface area contributed by atoms with Crippen LogP contribution in [0.2, 0.25) is 0 Å². The van der Waals surface area contributed by atoms with Crippen LogP contribution in [0, 0.1) is 5.41 Å². The van der Waals surface area contributed by atoms with Crippen molar-refractivity contribution >= 4 is 11.0 Å². The average molecular weight is 426 g/mol. The second-order valence-electron chi connectivity index (χ2n) is 9.62. The van der Waals surface area contributed by atoms with E-state index in [1.54, 1.807) is 0 Å². The summed E-state index contributed by atoms with van der Waals surface area (Å²) in [6.07, 6.45) is 4.24. The smallest absolute Gasteiger partial charge is 0.146 e. The highest BCUT2D eigenvalue weighted by molar-refractivity contribution is 5.73. The molecular weight excluding hydrogens is 390 g/mol. The second-order valence-corrected chi connectivity index (χ2v) is 9.62. The molecular formula is C25H35N3O3. The third-order valence-corrected chi connectivity index (χ3v) is 6.30. The monoisotopic (exact) mass is 425 g/mol. The minimum absolute atomic E-state index is 0.00998. The lowest BCUT2D eigenvalue weighted by Crippen LogP contribution is -2.28. The number of unbranched alkanes of at least 4 members (excludes halogenated alkanes) is 1. The average Bonchev–Trinajstić information content (AvgIpc) is 3.18. The largest absolute Gasteiger partial charge is 0.505 e. The number of benzene rings is 2. The predicted octanol–water partition coefficient (Wildman–Crippen LogP) is 4.52. The molecule has 3 N–H and O–H groups in total. The van der Waals surface area contributed by atoms with Gasteiger partial charge in [0.1, 0.15) is 22.5 Å². The van der Waals surface area contributed by atoms with Crippen molar-refractivity contribution in [3.05, 3.63) is 47.5 Å². The Hall–Kier alpha value is -2.44. The van der Waals surface area contributed by atoms with Crippen LogP contribution >= 0.6 is 0 Å². The Morgan fingerprint density at radius 1 is 0.935 bits per heavy atom. The molecule has 0 aliphatic rings. The van der Waals surface area contributed by atoms with Crippen LogP contribution in [0.15, 0.2) is 36.4 Å². The topological polar surface area (TPSA) is 91.4 Å². The molecule has 168 valence electrons. The van der Waals surface area contributed by atoms with Gasteiger partial charge < -0.3 is 15.3 Å². The zero-order chi connectivity index (χ0) is 22.6. The van der Waals surface area contributed by atoms with E-state index in [0.29, 0.717) is 5.69 Å². The fourth-order valence-corrected chi connectivity index (χ4v) is 3.95. The molecule has 0 amide bonds. The molecule has 0 atom stereocenters. The van der Waals surface area contributed by atoms with E-state index < -0.39 is 5.41 Å². The summed E-state index contributed by atoms with van der Waals surface area (Å²) in [5.41, 5.74) is 3.53. The minimum atomic E-state index is -0.393. The quantitative estimate of drug-likeness (QED) is 0.439. The third-order valence-electron chi connectivity index (χ3n) is 6.30. The van der Waals surface area contributed by atoms with Gasteiger partial charge in [-0.3, -0.25) is 0 Å². The van der Waals surface area contributed by atoms with Gasteiger partial charge in [-0.2, -0.15) is 0 Å². The predicted molar refractivity (Wildman–Crippen MR) is 124 cm³/mol. The molecule has 0 spiro atoms. The summed E-state index contributed by atoms with van der Waals surface area (Å²) < 4.78 is 0. The lowest BCUT2D eigenvalue weighted by molar-refractivity contribution is 0.0418. The summed E-state index contributed by atoms with van der Waals surface area (Å²) >= 11 is 0. The van der Waals surface area contributed by atoms with Crippen molar-refractivity contribution < 1.29 is 15.3 Å². The van der Waals surface area contributed by atoms with Gasteiger partial charge in [-0.15, -0.1) is 15.0 Å². The molecule has 0 saturated carbocycles. The number of nitrogens with zero attached hydrogens (tertiary/aromatic N) is 3. The van der Waals surface area contributed by atoms with Gasteiger partial charge in [-0.1, -0.05) is 52.3 Å². The molecule has 6 heteroatoms. The summed E-state index contributed by atoms with van der Waals surface area (Å²) in [4.78, 5) is 1.53. The molecule has 0 saturated heterocycles. The van der Waals surface area contributed by atoms with Crippen LogP contribution in [0.3, 0.4) is 0 Å². The highest BCUT2D eigenvalue weighted by Gasteiger charge is 2.26. The van der Waals surface area contributed by atoms with Gasteiger partial charge in [-0.25, -0.2) is 0 Å². The molecule has 0 bridgehead atoms. The summed E-state index contributed by atoms with van der Waals surface area (Å²) in [5, 5.41) is 39.5. The van der Waals surface area contributed by atoms with Crippen LogP contribution < -0.4 is 0 Å². The SMILES string of the molecule is CCC(CO)(CO)CCCCc1cc(-n2nc3ccccc3n2)c(O)c(C(C)(C)C)c1. The molecule has 0 radical (unpaired) electrons. The van der Waals surface area contributed by atoms with E-state index in [-0.39, 0.29) is 24.4 Å². The van der Waals surface area contributed by atoms with Gasteiger partial charge in [0.15, 0.2) is 0 Å². The number of aromatic hydroxyl groups is 1. The number of aliphatic hydroxyl groups excluding tert-OH is 2. The number of aliphatic hydroxyl groups is 2. The molecule has 0 unspecified atom stereocenters. The van der Waals surface area contributed by atoms with Crippen molar-refractivity contribution in [3.8, 4) is 11.4 Å². The number of phenolic OH excluding ortho intramolecular Hbond substituents is 1. The lowest BCUT2D eigenvalue weighted by atomic mass is 9.81.